The molecule has 0 amide bonds. The Kier molecular flexibility index (Phi) is 5.73. The van der Waals surface area contributed by atoms with E-state index in [-0.39, 0.29) is 21.4 Å². The van der Waals surface area contributed by atoms with Gasteiger partial charge in [0.1, 0.15) is 10.0 Å². The van der Waals surface area contributed by atoms with Gasteiger partial charge >= 0.3 is 0 Å². The quantitative estimate of drug-likeness (QED) is 0.274. The molecule has 0 spiro atoms. The van der Waals surface area contributed by atoms with Crippen molar-refractivity contribution in [3.8, 4) is 0 Å². The highest BCUT2D eigenvalue weighted by Gasteiger charge is 2.17. The van der Waals surface area contributed by atoms with E-state index in [1.807, 2.05) is 30.3 Å². The molecular formula is C20H12Cl2N2O4. The molecule has 0 heterocycles. The maximum Gasteiger partial charge on any atom is 0.288 e. The van der Waals surface area contributed by atoms with Crippen LogP contribution in [0.25, 0.3) is 11.6 Å². The topological polar surface area (TPSA) is 86.3 Å². The third-order valence-electron chi connectivity index (χ3n) is 4.02. The average Bonchev–Trinajstić information content (AvgIpc) is 2.68. The lowest BCUT2D eigenvalue weighted by molar-refractivity contribution is -0.384. The van der Waals surface area contributed by atoms with Crippen LogP contribution in [-0.4, -0.2) is 9.85 Å². The lowest BCUT2D eigenvalue weighted by atomic mass is 9.95. The predicted octanol–water partition coefficient (Wildman–Crippen LogP) is 6.40. The molecule has 0 unspecified atom stereocenters. The molecule has 28 heavy (non-hydrogen) atoms. The third-order valence-corrected chi connectivity index (χ3v) is 4.66. The largest absolute Gasteiger partial charge is 0.288 e. The van der Waals surface area contributed by atoms with Crippen molar-refractivity contribution in [1.82, 2.24) is 0 Å². The normalized spacial score (nSPS) is 11.3. The smallest absolute Gasteiger partial charge is 0.258 e. The molecule has 6 nitrogen and oxygen atoms in total. The lowest BCUT2D eigenvalue weighted by Crippen LogP contribution is -1.94. The zero-order valence-corrected chi connectivity index (χ0v) is 15.7. The molecule has 0 aliphatic rings. The Labute approximate surface area is 169 Å². The van der Waals surface area contributed by atoms with Crippen LogP contribution in [0, 0.1) is 20.2 Å². The van der Waals surface area contributed by atoms with E-state index in [9.17, 15) is 20.2 Å². The van der Waals surface area contributed by atoms with Gasteiger partial charge in [0.05, 0.1) is 9.85 Å². The van der Waals surface area contributed by atoms with Gasteiger partial charge in [0.2, 0.25) is 0 Å². The van der Waals surface area contributed by atoms with E-state index in [1.165, 1.54) is 24.3 Å². The van der Waals surface area contributed by atoms with Gasteiger partial charge in [-0.3, -0.25) is 20.2 Å². The Morgan fingerprint density at radius 3 is 1.93 bits per heavy atom. The number of rotatable bonds is 5. The van der Waals surface area contributed by atoms with Gasteiger partial charge in [0, 0.05) is 12.1 Å². The second-order valence-electron chi connectivity index (χ2n) is 5.82. The molecule has 3 aromatic rings. The van der Waals surface area contributed by atoms with Gasteiger partial charge < -0.3 is 0 Å². The second-order valence-corrected chi connectivity index (χ2v) is 6.63. The Balaban J connectivity index is 2.21. The van der Waals surface area contributed by atoms with Crippen molar-refractivity contribution in [2.45, 2.75) is 0 Å². The van der Waals surface area contributed by atoms with Crippen LogP contribution in [0.15, 0.2) is 66.7 Å². The molecule has 0 aromatic heterocycles. The summed E-state index contributed by atoms with van der Waals surface area (Å²) in [6, 6.07) is 18.1. The van der Waals surface area contributed by atoms with Gasteiger partial charge in [-0.25, -0.2) is 0 Å². The predicted molar refractivity (Wildman–Crippen MR) is 110 cm³/mol. The van der Waals surface area contributed by atoms with Crippen LogP contribution < -0.4 is 0 Å². The van der Waals surface area contributed by atoms with E-state index in [0.717, 1.165) is 5.56 Å². The third kappa shape index (κ3) is 4.19. The number of nitro groups is 2. The van der Waals surface area contributed by atoms with E-state index >= 15 is 0 Å². The summed E-state index contributed by atoms with van der Waals surface area (Å²) in [7, 11) is 0. The van der Waals surface area contributed by atoms with Gasteiger partial charge in [-0.05, 0) is 40.5 Å². The highest BCUT2D eigenvalue weighted by atomic mass is 35.5. The number of hydrogen-bond acceptors (Lipinski definition) is 4. The maximum atomic E-state index is 11.3. The van der Waals surface area contributed by atoms with Crippen LogP contribution in [0.2, 0.25) is 10.0 Å². The number of nitrogens with zero attached hydrogens (tertiary/aromatic N) is 2. The first-order valence-electron chi connectivity index (χ1n) is 8.02. The molecule has 0 radical (unpaired) electrons. The highest BCUT2D eigenvalue weighted by Crippen LogP contribution is 2.33. The SMILES string of the molecule is O=[N+]([O-])c1cc(/C=C(\c2ccccc2)c2ccc(Cl)c([N+](=O)[O-])c2)ccc1Cl. The Hall–Kier alpha value is -3.22. The molecule has 8 heteroatoms. The number of halogens is 2. The fourth-order valence-corrected chi connectivity index (χ4v) is 3.07. The number of benzene rings is 3. The summed E-state index contributed by atoms with van der Waals surface area (Å²) < 4.78 is 0. The van der Waals surface area contributed by atoms with Crippen molar-refractivity contribution in [2.24, 2.45) is 0 Å². The summed E-state index contributed by atoms with van der Waals surface area (Å²) in [5, 5.41) is 22.5. The van der Waals surface area contributed by atoms with E-state index in [2.05, 4.69) is 0 Å². The zero-order valence-electron chi connectivity index (χ0n) is 14.2. The molecular weight excluding hydrogens is 403 g/mol. The molecule has 0 bridgehead atoms. The Bertz CT molecular complexity index is 1100. The summed E-state index contributed by atoms with van der Waals surface area (Å²) in [6.07, 6.45) is 1.71. The van der Waals surface area contributed by atoms with Gasteiger partial charge in [0.15, 0.2) is 0 Å². The Morgan fingerprint density at radius 1 is 0.750 bits per heavy atom. The molecule has 0 atom stereocenters. The molecule has 3 aromatic carbocycles. The fourth-order valence-electron chi connectivity index (χ4n) is 2.70. The molecule has 0 saturated carbocycles. The molecule has 0 N–H and O–H groups in total. The van der Waals surface area contributed by atoms with E-state index in [1.54, 1.807) is 18.2 Å². The first-order valence-corrected chi connectivity index (χ1v) is 8.78. The molecule has 0 fully saturated rings. The zero-order chi connectivity index (χ0) is 20.3. The molecule has 0 aliphatic heterocycles. The van der Waals surface area contributed by atoms with Crippen LogP contribution in [-0.2, 0) is 0 Å². The summed E-state index contributed by atoms with van der Waals surface area (Å²) in [5.74, 6) is 0. The second kappa shape index (κ2) is 8.21. The fraction of sp³-hybridized carbons (Fsp3) is 0. The van der Waals surface area contributed by atoms with Crippen molar-refractivity contribution in [3.63, 3.8) is 0 Å². The van der Waals surface area contributed by atoms with Gasteiger partial charge in [-0.1, -0.05) is 65.7 Å². The van der Waals surface area contributed by atoms with E-state index < -0.39 is 9.85 Å². The van der Waals surface area contributed by atoms with Crippen LogP contribution >= 0.6 is 23.2 Å². The lowest BCUT2D eigenvalue weighted by Gasteiger charge is -2.10. The minimum Gasteiger partial charge on any atom is -0.258 e. The molecule has 140 valence electrons. The molecule has 0 aliphatic carbocycles. The molecule has 3 rings (SSSR count). The van der Waals surface area contributed by atoms with E-state index in [4.69, 9.17) is 23.2 Å². The van der Waals surface area contributed by atoms with Crippen LogP contribution in [0.4, 0.5) is 11.4 Å². The van der Waals surface area contributed by atoms with Gasteiger partial charge in [-0.2, -0.15) is 0 Å². The maximum absolute atomic E-state index is 11.3. The van der Waals surface area contributed by atoms with Gasteiger partial charge in [-0.15, -0.1) is 0 Å². The summed E-state index contributed by atoms with van der Waals surface area (Å²) in [6.45, 7) is 0. The number of nitro benzene ring substituents is 2. The minimum absolute atomic E-state index is 0.0308. The van der Waals surface area contributed by atoms with Crippen molar-refractivity contribution < 1.29 is 9.85 Å². The minimum atomic E-state index is -0.561. The van der Waals surface area contributed by atoms with E-state index in [0.29, 0.717) is 16.7 Å². The summed E-state index contributed by atoms with van der Waals surface area (Å²) >= 11 is 11.8. The van der Waals surface area contributed by atoms with Crippen molar-refractivity contribution in [2.75, 3.05) is 0 Å². The van der Waals surface area contributed by atoms with Crippen LogP contribution in [0.5, 0.6) is 0 Å². The monoisotopic (exact) mass is 414 g/mol. The molecule has 0 saturated heterocycles. The first-order chi connectivity index (χ1) is 13.4. The van der Waals surface area contributed by atoms with Crippen LogP contribution in [0.3, 0.4) is 0 Å². The summed E-state index contributed by atoms with van der Waals surface area (Å²) in [5.41, 5.74) is 2.09. The van der Waals surface area contributed by atoms with Gasteiger partial charge in [0.25, 0.3) is 11.4 Å². The van der Waals surface area contributed by atoms with Crippen molar-refractivity contribution in [3.05, 3.63) is 114 Å². The van der Waals surface area contributed by atoms with Crippen molar-refractivity contribution >= 4 is 46.2 Å². The standard InChI is InChI=1S/C20H12Cl2N2O4/c21-17-8-6-13(11-19(17)23(25)26)10-16(14-4-2-1-3-5-14)15-7-9-18(22)20(12-15)24(27)28/h1-12H/b16-10+. The first kappa shape index (κ1) is 19.5. The average molecular weight is 415 g/mol. The number of hydrogen-bond donors (Lipinski definition) is 0. The summed E-state index contributed by atoms with van der Waals surface area (Å²) in [4.78, 5) is 21.3. The van der Waals surface area contributed by atoms with Crippen LogP contribution in [0.1, 0.15) is 16.7 Å². The van der Waals surface area contributed by atoms with Crippen molar-refractivity contribution in [1.29, 1.82) is 0 Å². The highest BCUT2D eigenvalue weighted by molar-refractivity contribution is 6.33. The Morgan fingerprint density at radius 2 is 1.32 bits per heavy atom.